The zero-order chi connectivity index (χ0) is 5.21. The van der Waals surface area contributed by atoms with E-state index in [2.05, 4.69) is 11.8 Å². The van der Waals surface area contributed by atoms with Gasteiger partial charge < -0.3 is 0 Å². The third kappa shape index (κ3) is 4.86. The van der Waals surface area contributed by atoms with Gasteiger partial charge in [-0.1, -0.05) is 11.4 Å². The Hall–Kier alpha value is 0.860. The molecule has 0 heterocycles. The van der Waals surface area contributed by atoms with Gasteiger partial charge in [-0.2, -0.15) is 8.39 Å². The van der Waals surface area contributed by atoms with Crippen molar-refractivity contribution in [2.24, 2.45) is 0 Å². The van der Waals surface area contributed by atoms with Gasteiger partial charge in [-0.05, 0) is 18.1 Å². The molecule has 0 spiro atoms. The molecular formula is CH3F2PS2. The van der Waals surface area contributed by atoms with E-state index in [1.807, 2.05) is 0 Å². The molecule has 0 bridgehead atoms. The average molecular weight is 148 g/mol. The first-order valence-corrected chi connectivity index (χ1v) is 5.53. The molecule has 0 aromatic heterocycles. The van der Waals surface area contributed by atoms with E-state index in [0.717, 1.165) is 0 Å². The summed E-state index contributed by atoms with van der Waals surface area (Å²) in [6, 6.07) is 0. The molecule has 0 nitrogen and oxygen atoms in total. The van der Waals surface area contributed by atoms with E-state index < -0.39 is 5.86 Å². The van der Waals surface area contributed by atoms with Gasteiger partial charge in [0.25, 0.3) is 0 Å². The fourth-order valence-corrected chi connectivity index (χ4v) is 0. The van der Waals surface area contributed by atoms with Crippen LogP contribution < -0.4 is 0 Å². The van der Waals surface area contributed by atoms with Crippen molar-refractivity contribution in [1.29, 1.82) is 0 Å². The third-order valence-corrected chi connectivity index (χ3v) is 3.25. The standard InChI is InChI=1S/CH3F2PS2/c1-6-4(2,3)5/h1H3. The van der Waals surface area contributed by atoms with Gasteiger partial charge in [0, 0.05) is 0 Å². The number of hydrogen-bond acceptors (Lipinski definition) is 2. The Morgan fingerprint density at radius 1 is 1.67 bits per heavy atom. The molecule has 0 aromatic rings. The normalized spacial score (nSPS) is 11.8. The minimum atomic E-state index is -3.90. The first-order chi connectivity index (χ1) is 2.56. The summed E-state index contributed by atoms with van der Waals surface area (Å²) >= 11 is 4.20. The number of rotatable bonds is 1. The maximum Gasteiger partial charge on any atom is 0.325 e. The maximum absolute atomic E-state index is 11.3. The topological polar surface area (TPSA) is 0 Å². The monoisotopic (exact) mass is 148 g/mol. The van der Waals surface area contributed by atoms with E-state index in [1.54, 1.807) is 0 Å². The predicted molar refractivity (Wildman–Crippen MR) is 30.0 cm³/mol. The Labute approximate surface area is 44.3 Å². The molecule has 0 amide bonds. The SMILES string of the molecule is CSP(F)(F)=S. The summed E-state index contributed by atoms with van der Waals surface area (Å²) in [5, 5.41) is 0. The summed E-state index contributed by atoms with van der Waals surface area (Å²) < 4.78 is 22.7. The van der Waals surface area contributed by atoms with Crippen molar-refractivity contribution < 1.29 is 8.39 Å². The molecule has 0 N–H and O–H groups in total. The fourth-order valence-electron chi connectivity index (χ4n) is 0. The van der Waals surface area contributed by atoms with Crippen molar-refractivity contribution in [3.05, 3.63) is 0 Å². The molecule has 0 fully saturated rings. The van der Waals surface area contributed by atoms with Crippen LogP contribution in [0.5, 0.6) is 0 Å². The van der Waals surface area contributed by atoms with E-state index >= 15 is 0 Å². The molecule has 0 rings (SSSR count). The molecule has 0 aliphatic heterocycles. The maximum atomic E-state index is 11.3. The van der Waals surface area contributed by atoms with Crippen LogP contribution in [0.4, 0.5) is 8.39 Å². The van der Waals surface area contributed by atoms with Gasteiger partial charge in [-0.3, -0.25) is 0 Å². The minimum absolute atomic E-state index is 0.475. The van der Waals surface area contributed by atoms with E-state index in [0.29, 0.717) is 11.4 Å². The largest absolute Gasteiger partial charge is 0.325 e. The van der Waals surface area contributed by atoms with Crippen molar-refractivity contribution >= 4 is 29.0 Å². The Kier molecular flexibility index (Phi) is 2.56. The highest BCUT2D eigenvalue weighted by molar-refractivity contribution is 8.67. The average Bonchev–Trinajstić information content (AvgIpc) is 1.35. The van der Waals surface area contributed by atoms with Crippen LogP contribution in [0, 0.1) is 0 Å². The lowest BCUT2D eigenvalue weighted by atomic mass is 12.0. The highest BCUT2D eigenvalue weighted by atomic mass is 32.9. The van der Waals surface area contributed by atoms with Crippen LogP contribution in [0.2, 0.25) is 0 Å². The molecule has 38 valence electrons. The van der Waals surface area contributed by atoms with Crippen molar-refractivity contribution in [2.45, 2.75) is 0 Å². The zero-order valence-corrected chi connectivity index (χ0v) is 5.55. The second kappa shape index (κ2) is 2.24. The molecular weight excluding hydrogens is 145 g/mol. The van der Waals surface area contributed by atoms with Gasteiger partial charge in [0.1, 0.15) is 0 Å². The first kappa shape index (κ1) is 6.86. The van der Waals surface area contributed by atoms with Crippen molar-refractivity contribution in [1.82, 2.24) is 0 Å². The summed E-state index contributed by atoms with van der Waals surface area (Å²) in [5.41, 5.74) is 0. The summed E-state index contributed by atoms with van der Waals surface area (Å²) in [6.07, 6.45) is 1.32. The van der Waals surface area contributed by atoms with Crippen LogP contribution in [-0.4, -0.2) is 6.26 Å². The van der Waals surface area contributed by atoms with Crippen LogP contribution in [0.15, 0.2) is 0 Å². The van der Waals surface area contributed by atoms with E-state index in [4.69, 9.17) is 0 Å². The molecule has 0 unspecified atom stereocenters. The molecule has 6 heavy (non-hydrogen) atoms. The zero-order valence-electron chi connectivity index (χ0n) is 3.02. The summed E-state index contributed by atoms with van der Waals surface area (Å²) in [6.45, 7) is 0. The molecule has 0 radical (unpaired) electrons. The van der Waals surface area contributed by atoms with Gasteiger partial charge in [-0.25, -0.2) is 0 Å². The van der Waals surface area contributed by atoms with Gasteiger partial charge in [0.2, 0.25) is 0 Å². The Morgan fingerprint density at radius 2 is 1.83 bits per heavy atom. The van der Waals surface area contributed by atoms with Crippen LogP contribution in [-0.2, 0) is 11.8 Å². The molecule has 0 aliphatic rings. The molecule has 0 saturated carbocycles. The second-order valence-corrected chi connectivity index (χ2v) is 6.33. The van der Waals surface area contributed by atoms with Gasteiger partial charge in [0.05, 0.1) is 0 Å². The van der Waals surface area contributed by atoms with Gasteiger partial charge in [-0.15, -0.1) is 0 Å². The third-order valence-electron chi connectivity index (χ3n) is 0.213. The van der Waals surface area contributed by atoms with Gasteiger partial charge >= 0.3 is 5.86 Å². The fraction of sp³-hybridized carbons (Fsp3) is 1.00. The Morgan fingerprint density at radius 3 is 1.83 bits per heavy atom. The van der Waals surface area contributed by atoms with E-state index in [9.17, 15) is 8.39 Å². The number of halogens is 2. The Balaban J connectivity index is 3.48. The van der Waals surface area contributed by atoms with E-state index in [-0.39, 0.29) is 0 Å². The van der Waals surface area contributed by atoms with Crippen molar-refractivity contribution in [2.75, 3.05) is 6.26 Å². The van der Waals surface area contributed by atoms with E-state index in [1.165, 1.54) is 6.26 Å². The van der Waals surface area contributed by atoms with Crippen molar-refractivity contribution in [3.63, 3.8) is 0 Å². The minimum Gasteiger partial charge on any atom is -0.169 e. The molecule has 0 saturated heterocycles. The summed E-state index contributed by atoms with van der Waals surface area (Å²) in [4.78, 5) is 0. The van der Waals surface area contributed by atoms with Crippen LogP contribution in [0.1, 0.15) is 0 Å². The summed E-state index contributed by atoms with van der Waals surface area (Å²) in [7, 11) is 0. The molecule has 0 aromatic carbocycles. The molecule has 0 atom stereocenters. The smallest absolute Gasteiger partial charge is 0.169 e. The lowest BCUT2D eigenvalue weighted by molar-refractivity contribution is 0.771. The number of hydrogen-bond donors (Lipinski definition) is 0. The highest BCUT2D eigenvalue weighted by Crippen LogP contribution is 2.60. The highest BCUT2D eigenvalue weighted by Gasteiger charge is 2.07. The lowest BCUT2D eigenvalue weighted by Gasteiger charge is -1.88. The van der Waals surface area contributed by atoms with Crippen LogP contribution in [0.25, 0.3) is 0 Å². The van der Waals surface area contributed by atoms with Gasteiger partial charge in [0.15, 0.2) is 0 Å². The summed E-state index contributed by atoms with van der Waals surface area (Å²) in [5.74, 6) is -3.90. The van der Waals surface area contributed by atoms with Crippen LogP contribution in [0.3, 0.4) is 0 Å². The lowest BCUT2D eigenvalue weighted by Crippen LogP contribution is -1.41. The van der Waals surface area contributed by atoms with Crippen molar-refractivity contribution in [3.8, 4) is 0 Å². The quantitative estimate of drug-likeness (QED) is 0.524. The molecule has 5 heteroatoms. The predicted octanol–water partition coefficient (Wildman–Crippen LogP) is 2.51. The van der Waals surface area contributed by atoms with Crippen LogP contribution >= 0.6 is 17.2 Å². The Bertz CT molecular complexity index is 75.6. The second-order valence-electron chi connectivity index (χ2n) is 0.597. The molecule has 0 aliphatic carbocycles. The first-order valence-electron chi connectivity index (χ1n) is 1.11.